The van der Waals surface area contributed by atoms with Gasteiger partial charge in [-0.25, -0.2) is 4.39 Å². The Morgan fingerprint density at radius 1 is 1.25 bits per heavy atom. The van der Waals surface area contributed by atoms with Crippen LogP contribution in [0.5, 0.6) is 0 Å². The highest BCUT2D eigenvalue weighted by Crippen LogP contribution is 2.21. The average Bonchev–Trinajstić information content (AvgIpc) is 2.57. The largest absolute Gasteiger partial charge is 0.326 e. The van der Waals surface area contributed by atoms with Crippen molar-refractivity contribution in [2.24, 2.45) is 5.92 Å². The van der Waals surface area contributed by atoms with Crippen LogP contribution in [-0.4, -0.2) is 23.9 Å². The lowest BCUT2D eigenvalue weighted by molar-refractivity contribution is -0.121. The van der Waals surface area contributed by atoms with Gasteiger partial charge in [0.15, 0.2) is 0 Å². The maximum atomic E-state index is 13.2. The number of rotatable bonds is 4. The van der Waals surface area contributed by atoms with Crippen molar-refractivity contribution in [2.75, 3.05) is 18.4 Å². The molecule has 0 aromatic heterocycles. The lowest BCUT2D eigenvalue weighted by Gasteiger charge is -2.32. The van der Waals surface area contributed by atoms with Crippen LogP contribution in [0.1, 0.15) is 24.0 Å². The number of nitrogens with zero attached hydrogens (tertiary/aromatic N) is 1. The number of amides is 1. The minimum absolute atomic E-state index is 0.0184. The lowest BCUT2D eigenvalue weighted by Crippen LogP contribution is -2.40. The molecule has 2 aromatic rings. The first-order valence-electron chi connectivity index (χ1n) is 8.45. The van der Waals surface area contributed by atoms with Crippen molar-refractivity contribution in [1.82, 2.24) is 4.90 Å². The molecular formula is C20H23FN2O. The molecule has 0 aliphatic carbocycles. The van der Waals surface area contributed by atoms with Crippen LogP contribution < -0.4 is 5.32 Å². The van der Waals surface area contributed by atoms with E-state index in [0.717, 1.165) is 32.5 Å². The third-order valence-electron chi connectivity index (χ3n) is 4.62. The summed E-state index contributed by atoms with van der Waals surface area (Å²) in [7, 11) is 0. The van der Waals surface area contributed by atoms with Crippen LogP contribution in [0.15, 0.2) is 48.5 Å². The Bertz CT molecular complexity index is 716. The molecule has 3 nitrogen and oxygen atoms in total. The number of benzene rings is 2. The average molecular weight is 326 g/mol. The van der Waals surface area contributed by atoms with Gasteiger partial charge in [0.05, 0.1) is 5.92 Å². The number of hydrogen-bond donors (Lipinski definition) is 1. The summed E-state index contributed by atoms with van der Waals surface area (Å²) in [6, 6.07) is 14.4. The molecule has 1 fully saturated rings. The van der Waals surface area contributed by atoms with Gasteiger partial charge >= 0.3 is 0 Å². The van der Waals surface area contributed by atoms with Crippen LogP contribution in [0, 0.1) is 18.7 Å². The van der Waals surface area contributed by atoms with E-state index in [2.05, 4.69) is 35.3 Å². The first-order valence-corrected chi connectivity index (χ1v) is 8.45. The molecule has 4 heteroatoms. The summed E-state index contributed by atoms with van der Waals surface area (Å²) >= 11 is 0. The SMILES string of the molecule is Cc1ccccc1CN1CCCC(C(=O)Nc2cccc(F)c2)C1. The first-order chi connectivity index (χ1) is 11.6. The molecule has 1 N–H and O–H groups in total. The predicted octanol–water partition coefficient (Wildman–Crippen LogP) is 3.98. The fraction of sp³-hybridized carbons (Fsp3) is 0.350. The second-order valence-corrected chi connectivity index (χ2v) is 6.50. The highest BCUT2D eigenvalue weighted by Gasteiger charge is 2.26. The Labute approximate surface area is 142 Å². The van der Waals surface area contributed by atoms with Gasteiger partial charge in [0.2, 0.25) is 5.91 Å². The van der Waals surface area contributed by atoms with Crippen molar-refractivity contribution in [3.05, 3.63) is 65.5 Å². The number of carbonyl (C=O) groups excluding carboxylic acids is 1. The summed E-state index contributed by atoms with van der Waals surface area (Å²) in [4.78, 5) is 14.8. The van der Waals surface area contributed by atoms with Gasteiger partial charge in [-0.3, -0.25) is 9.69 Å². The molecule has 1 heterocycles. The summed E-state index contributed by atoms with van der Waals surface area (Å²) in [5, 5.41) is 2.84. The van der Waals surface area contributed by atoms with Crippen LogP contribution in [0.3, 0.4) is 0 Å². The number of hydrogen-bond acceptors (Lipinski definition) is 2. The fourth-order valence-electron chi connectivity index (χ4n) is 3.25. The summed E-state index contributed by atoms with van der Waals surface area (Å²) in [6.07, 6.45) is 1.89. The maximum Gasteiger partial charge on any atom is 0.228 e. The number of aryl methyl sites for hydroxylation is 1. The van der Waals surface area contributed by atoms with Crippen LogP contribution >= 0.6 is 0 Å². The Morgan fingerprint density at radius 2 is 2.08 bits per heavy atom. The molecule has 1 aliphatic rings. The van der Waals surface area contributed by atoms with Crippen LogP contribution in [-0.2, 0) is 11.3 Å². The highest BCUT2D eigenvalue weighted by atomic mass is 19.1. The Kier molecular flexibility index (Phi) is 5.26. The fourth-order valence-corrected chi connectivity index (χ4v) is 3.25. The second-order valence-electron chi connectivity index (χ2n) is 6.50. The molecule has 0 saturated carbocycles. The van der Waals surface area contributed by atoms with Gasteiger partial charge in [-0.15, -0.1) is 0 Å². The van der Waals surface area contributed by atoms with Gasteiger partial charge in [0, 0.05) is 18.8 Å². The van der Waals surface area contributed by atoms with Gasteiger partial charge in [-0.05, 0) is 55.6 Å². The monoisotopic (exact) mass is 326 g/mol. The molecule has 1 atom stereocenters. The summed E-state index contributed by atoms with van der Waals surface area (Å²) in [5.41, 5.74) is 3.11. The zero-order valence-electron chi connectivity index (χ0n) is 14.0. The molecule has 0 spiro atoms. The normalized spacial score (nSPS) is 18.3. The van der Waals surface area contributed by atoms with Crippen molar-refractivity contribution < 1.29 is 9.18 Å². The van der Waals surface area contributed by atoms with Gasteiger partial charge in [-0.1, -0.05) is 30.3 Å². The quantitative estimate of drug-likeness (QED) is 0.921. The molecule has 126 valence electrons. The van der Waals surface area contributed by atoms with E-state index in [0.29, 0.717) is 5.69 Å². The molecule has 1 unspecified atom stereocenters. The highest BCUT2D eigenvalue weighted by molar-refractivity contribution is 5.92. The molecule has 0 bridgehead atoms. The smallest absolute Gasteiger partial charge is 0.228 e. The van der Waals surface area contributed by atoms with E-state index in [1.54, 1.807) is 12.1 Å². The number of halogens is 1. The summed E-state index contributed by atoms with van der Waals surface area (Å²) < 4.78 is 13.2. The Balaban J connectivity index is 1.60. The van der Waals surface area contributed by atoms with Gasteiger partial charge in [0.25, 0.3) is 0 Å². The number of anilines is 1. The van der Waals surface area contributed by atoms with Gasteiger partial charge in [-0.2, -0.15) is 0 Å². The zero-order chi connectivity index (χ0) is 16.9. The third kappa shape index (κ3) is 4.20. The van der Waals surface area contributed by atoms with Crippen LogP contribution in [0.25, 0.3) is 0 Å². The van der Waals surface area contributed by atoms with E-state index in [1.165, 1.54) is 23.3 Å². The zero-order valence-corrected chi connectivity index (χ0v) is 14.0. The van der Waals surface area contributed by atoms with E-state index >= 15 is 0 Å². The molecule has 3 rings (SSSR count). The molecule has 24 heavy (non-hydrogen) atoms. The Hall–Kier alpha value is -2.20. The van der Waals surface area contributed by atoms with E-state index in [1.807, 2.05) is 6.07 Å². The third-order valence-corrected chi connectivity index (χ3v) is 4.62. The van der Waals surface area contributed by atoms with E-state index in [-0.39, 0.29) is 17.6 Å². The number of likely N-dealkylation sites (tertiary alicyclic amines) is 1. The number of carbonyl (C=O) groups is 1. The number of nitrogens with one attached hydrogen (secondary N) is 1. The maximum absolute atomic E-state index is 13.2. The van der Waals surface area contributed by atoms with Gasteiger partial charge < -0.3 is 5.32 Å². The minimum atomic E-state index is -0.336. The van der Waals surface area contributed by atoms with E-state index < -0.39 is 0 Å². The standard InChI is InChI=1S/C20H23FN2O/c1-15-6-2-3-7-16(15)13-23-11-5-8-17(14-23)20(24)22-19-10-4-9-18(21)12-19/h2-4,6-7,9-10,12,17H,5,8,11,13-14H2,1H3,(H,22,24). The van der Waals surface area contributed by atoms with Gasteiger partial charge in [0.1, 0.15) is 5.82 Å². The van der Waals surface area contributed by atoms with Crippen molar-refractivity contribution in [3.63, 3.8) is 0 Å². The topological polar surface area (TPSA) is 32.3 Å². The van der Waals surface area contributed by atoms with E-state index in [9.17, 15) is 9.18 Å². The first kappa shape index (κ1) is 16.7. The summed E-state index contributed by atoms with van der Waals surface area (Å²) in [6.45, 7) is 4.75. The molecular weight excluding hydrogens is 303 g/mol. The Morgan fingerprint density at radius 3 is 2.88 bits per heavy atom. The van der Waals surface area contributed by atoms with Crippen molar-refractivity contribution >= 4 is 11.6 Å². The molecule has 1 saturated heterocycles. The minimum Gasteiger partial charge on any atom is -0.326 e. The molecule has 2 aromatic carbocycles. The van der Waals surface area contributed by atoms with Crippen LogP contribution in [0.2, 0.25) is 0 Å². The van der Waals surface area contributed by atoms with Crippen molar-refractivity contribution in [2.45, 2.75) is 26.3 Å². The molecule has 1 aliphatic heterocycles. The molecule has 1 amide bonds. The van der Waals surface area contributed by atoms with Crippen molar-refractivity contribution in [3.8, 4) is 0 Å². The van der Waals surface area contributed by atoms with E-state index in [4.69, 9.17) is 0 Å². The summed E-state index contributed by atoms with van der Waals surface area (Å²) in [5.74, 6) is -0.404. The van der Waals surface area contributed by atoms with Crippen molar-refractivity contribution in [1.29, 1.82) is 0 Å². The van der Waals surface area contributed by atoms with Crippen LogP contribution in [0.4, 0.5) is 10.1 Å². The predicted molar refractivity (Wildman–Crippen MR) is 94.2 cm³/mol. The second kappa shape index (κ2) is 7.58. The lowest BCUT2D eigenvalue weighted by atomic mass is 9.96. The number of piperidine rings is 1. The molecule has 0 radical (unpaired) electrons.